The molecule has 4 heteroatoms. The van der Waals surface area contributed by atoms with Gasteiger partial charge in [-0.25, -0.2) is 4.99 Å². The van der Waals surface area contributed by atoms with Gasteiger partial charge in [0, 0.05) is 6.04 Å². The molecule has 0 saturated heterocycles. The van der Waals surface area contributed by atoms with Crippen LogP contribution < -0.4 is 11.5 Å². The van der Waals surface area contributed by atoms with Gasteiger partial charge in [0.15, 0.2) is 0 Å². The van der Waals surface area contributed by atoms with Crippen molar-refractivity contribution in [3.63, 3.8) is 0 Å². The van der Waals surface area contributed by atoms with E-state index in [1.807, 2.05) is 23.6 Å². The van der Waals surface area contributed by atoms with E-state index in [1.54, 1.807) is 11.3 Å². The van der Waals surface area contributed by atoms with E-state index in [4.69, 9.17) is 11.5 Å². The molecule has 3 nitrogen and oxygen atoms in total. The maximum Gasteiger partial charge on any atom is 0.141 e. The molecule has 4 N–H and O–H groups in total. The molecular formula is C15H17N3S. The molecular weight excluding hydrogens is 254 g/mol. The Labute approximate surface area is 117 Å². The summed E-state index contributed by atoms with van der Waals surface area (Å²) in [5.74, 6) is 0.569. The van der Waals surface area contributed by atoms with Gasteiger partial charge in [-0.15, -0.1) is 11.3 Å². The number of rotatable bonds is 2. The first-order chi connectivity index (χ1) is 9.24. The van der Waals surface area contributed by atoms with Gasteiger partial charge in [-0.1, -0.05) is 12.1 Å². The molecule has 1 aliphatic carbocycles. The summed E-state index contributed by atoms with van der Waals surface area (Å²) >= 11 is 1.60. The number of benzene rings is 1. The highest BCUT2D eigenvalue weighted by atomic mass is 32.1. The van der Waals surface area contributed by atoms with E-state index in [9.17, 15) is 0 Å². The van der Waals surface area contributed by atoms with E-state index < -0.39 is 0 Å². The smallest absolute Gasteiger partial charge is 0.141 e. The highest BCUT2D eigenvalue weighted by Crippen LogP contribution is 2.31. The Bertz CT molecular complexity index is 602. The van der Waals surface area contributed by atoms with Crippen molar-refractivity contribution in [3.05, 3.63) is 51.7 Å². The number of aryl methyl sites for hydroxylation is 1. The summed E-state index contributed by atoms with van der Waals surface area (Å²) in [5, 5.41) is 2.00. The number of aliphatic imine (C=N–C) groups is 1. The summed E-state index contributed by atoms with van der Waals surface area (Å²) in [6.45, 7) is 0. The summed E-state index contributed by atoms with van der Waals surface area (Å²) < 4.78 is 0. The zero-order valence-corrected chi connectivity index (χ0v) is 11.5. The molecule has 0 saturated carbocycles. The number of nitrogens with zero attached hydrogens (tertiary/aromatic N) is 1. The van der Waals surface area contributed by atoms with Crippen molar-refractivity contribution in [2.75, 3.05) is 0 Å². The summed E-state index contributed by atoms with van der Waals surface area (Å²) in [7, 11) is 0. The van der Waals surface area contributed by atoms with Crippen molar-refractivity contribution >= 4 is 22.9 Å². The normalized spacial score (nSPS) is 19.2. The van der Waals surface area contributed by atoms with Gasteiger partial charge in [-0.2, -0.15) is 0 Å². The molecule has 0 amide bonds. The second-order valence-electron chi connectivity index (χ2n) is 4.86. The minimum absolute atomic E-state index is 0.141. The van der Waals surface area contributed by atoms with E-state index in [2.05, 4.69) is 17.1 Å². The second-order valence-corrected chi connectivity index (χ2v) is 5.80. The SMILES string of the molecule is NC(=Nc1ccc2c(c1)C(N)CCC2)c1cccs1. The maximum absolute atomic E-state index is 6.16. The molecule has 1 aliphatic rings. The van der Waals surface area contributed by atoms with E-state index in [1.165, 1.54) is 17.5 Å². The third-order valence-electron chi connectivity index (χ3n) is 3.51. The Kier molecular flexibility index (Phi) is 3.36. The molecule has 19 heavy (non-hydrogen) atoms. The van der Waals surface area contributed by atoms with Gasteiger partial charge in [-0.3, -0.25) is 0 Å². The number of thiophene rings is 1. The van der Waals surface area contributed by atoms with Crippen molar-refractivity contribution in [1.82, 2.24) is 0 Å². The minimum Gasteiger partial charge on any atom is -0.383 e. The van der Waals surface area contributed by atoms with E-state index >= 15 is 0 Å². The van der Waals surface area contributed by atoms with E-state index in [-0.39, 0.29) is 6.04 Å². The zero-order chi connectivity index (χ0) is 13.2. The summed E-state index contributed by atoms with van der Waals surface area (Å²) in [6.07, 6.45) is 3.35. The van der Waals surface area contributed by atoms with Gasteiger partial charge in [0.2, 0.25) is 0 Å². The molecule has 1 aromatic heterocycles. The third-order valence-corrected chi connectivity index (χ3v) is 4.41. The maximum atomic E-state index is 6.16. The van der Waals surface area contributed by atoms with Crippen LogP contribution in [0.25, 0.3) is 0 Å². The van der Waals surface area contributed by atoms with Crippen LogP contribution in [0.15, 0.2) is 40.7 Å². The first-order valence-corrected chi connectivity index (χ1v) is 7.38. The lowest BCUT2D eigenvalue weighted by Crippen LogP contribution is -2.17. The summed E-state index contributed by atoms with van der Waals surface area (Å²) in [5.41, 5.74) is 15.6. The molecule has 2 aromatic rings. The lowest BCUT2D eigenvalue weighted by atomic mass is 9.88. The Morgan fingerprint density at radius 3 is 3.00 bits per heavy atom. The number of nitrogens with two attached hydrogens (primary N) is 2. The van der Waals surface area contributed by atoms with E-state index in [0.29, 0.717) is 5.84 Å². The van der Waals surface area contributed by atoms with Crippen molar-refractivity contribution in [3.8, 4) is 0 Å². The van der Waals surface area contributed by atoms with Crippen LogP contribution in [-0.2, 0) is 6.42 Å². The van der Waals surface area contributed by atoms with Crippen LogP contribution in [0, 0.1) is 0 Å². The van der Waals surface area contributed by atoms with Gasteiger partial charge in [0.05, 0.1) is 10.6 Å². The fourth-order valence-electron chi connectivity index (χ4n) is 2.51. The Balaban J connectivity index is 1.94. The molecule has 1 aromatic carbocycles. The van der Waals surface area contributed by atoms with Crippen LogP contribution in [0.2, 0.25) is 0 Å². The highest BCUT2D eigenvalue weighted by molar-refractivity contribution is 7.12. The topological polar surface area (TPSA) is 64.4 Å². The zero-order valence-electron chi connectivity index (χ0n) is 10.7. The van der Waals surface area contributed by atoms with Crippen molar-refractivity contribution in [2.45, 2.75) is 25.3 Å². The first-order valence-electron chi connectivity index (χ1n) is 6.50. The number of fused-ring (bicyclic) bond motifs is 1. The van der Waals surface area contributed by atoms with Crippen molar-refractivity contribution in [2.24, 2.45) is 16.5 Å². The molecule has 1 heterocycles. The monoisotopic (exact) mass is 271 g/mol. The van der Waals surface area contributed by atoms with Crippen molar-refractivity contribution in [1.29, 1.82) is 0 Å². The van der Waals surface area contributed by atoms with Gasteiger partial charge < -0.3 is 11.5 Å². The molecule has 0 spiro atoms. The molecule has 0 radical (unpaired) electrons. The lowest BCUT2D eigenvalue weighted by molar-refractivity contribution is 0.570. The summed E-state index contributed by atoms with van der Waals surface area (Å²) in [4.78, 5) is 5.50. The molecule has 1 atom stereocenters. The predicted molar refractivity (Wildman–Crippen MR) is 81.0 cm³/mol. The fraction of sp³-hybridized carbons (Fsp3) is 0.267. The van der Waals surface area contributed by atoms with Gasteiger partial charge >= 0.3 is 0 Å². The Hall–Kier alpha value is -1.65. The third kappa shape index (κ3) is 2.55. The van der Waals surface area contributed by atoms with Crippen LogP contribution in [-0.4, -0.2) is 5.84 Å². The molecule has 0 aliphatic heterocycles. The molecule has 3 rings (SSSR count). The fourth-order valence-corrected chi connectivity index (χ4v) is 3.14. The molecule has 98 valence electrons. The van der Waals surface area contributed by atoms with E-state index in [0.717, 1.165) is 23.4 Å². The highest BCUT2D eigenvalue weighted by Gasteiger charge is 2.16. The quantitative estimate of drug-likeness (QED) is 0.651. The Morgan fingerprint density at radius 2 is 2.21 bits per heavy atom. The Morgan fingerprint density at radius 1 is 1.32 bits per heavy atom. The number of hydrogen-bond acceptors (Lipinski definition) is 3. The van der Waals surface area contributed by atoms with Crippen LogP contribution in [0.1, 0.15) is 34.9 Å². The van der Waals surface area contributed by atoms with Crippen molar-refractivity contribution < 1.29 is 0 Å². The molecule has 0 fully saturated rings. The lowest BCUT2D eigenvalue weighted by Gasteiger charge is -2.22. The molecule has 1 unspecified atom stereocenters. The minimum atomic E-state index is 0.141. The standard InChI is InChI=1S/C15H17N3S/c16-13-4-1-3-10-6-7-11(9-12(10)13)18-15(17)14-5-2-8-19-14/h2,5-9,13H,1,3-4,16H2,(H2,17,18). The average Bonchev–Trinajstić information content (AvgIpc) is 2.94. The predicted octanol–water partition coefficient (Wildman–Crippen LogP) is 3.12. The first kappa shape index (κ1) is 12.4. The van der Waals surface area contributed by atoms with Gasteiger partial charge in [0.25, 0.3) is 0 Å². The van der Waals surface area contributed by atoms with Gasteiger partial charge in [-0.05, 0) is 54.0 Å². The average molecular weight is 271 g/mol. The number of amidine groups is 1. The van der Waals surface area contributed by atoms with Crippen LogP contribution in [0.4, 0.5) is 5.69 Å². The number of hydrogen-bond donors (Lipinski definition) is 2. The van der Waals surface area contributed by atoms with Crippen LogP contribution in [0.3, 0.4) is 0 Å². The van der Waals surface area contributed by atoms with Gasteiger partial charge in [0.1, 0.15) is 5.84 Å². The van der Waals surface area contributed by atoms with Crippen LogP contribution in [0.5, 0.6) is 0 Å². The second kappa shape index (κ2) is 5.15. The summed E-state index contributed by atoms with van der Waals surface area (Å²) in [6, 6.07) is 10.3. The van der Waals surface area contributed by atoms with Crippen LogP contribution >= 0.6 is 11.3 Å². The molecule has 0 bridgehead atoms. The largest absolute Gasteiger partial charge is 0.383 e.